The zero-order valence-corrected chi connectivity index (χ0v) is 13.9. The van der Waals surface area contributed by atoms with Crippen LogP contribution in [0.15, 0.2) is 48.5 Å². The molecule has 0 saturated heterocycles. The lowest BCUT2D eigenvalue weighted by Crippen LogP contribution is -2.10. The molecule has 0 aliphatic carbocycles. The molecule has 0 saturated carbocycles. The molecule has 2 rings (SSSR count). The van der Waals surface area contributed by atoms with Gasteiger partial charge in [-0.25, -0.2) is 0 Å². The van der Waals surface area contributed by atoms with Crippen LogP contribution in [0.2, 0.25) is 0 Å². The first-order valence-electron chi connectivity index (χ1n) is 7.89. The first-order chi connectivity index (χ1) is 11.1. The van der Waals surface area contributed by atoms with Crippen LogP contribution in [-0.4, -0.2) is 12.5 Å². The van der Waals surface area contributed by atoms with Gasteiger partial charge in [-0.1, -0.05) is 43.3 Å². The molecule has 2 aromatic carbocycles. The van der Waals surface area contributed by atoms with Gasteiger partial charge in [0.15, 0.2) is 0 Å². The number of ether oxygens (including phenoxy) is 1. The molecule has 0 spiro atoms. The summed E-state index contributed by atoms with van der Waals surface area (Å²) in [7, 11) is 0. The molecule has 0 aromatic heterocycles. The summed E-state index contributed by atoms with van der Waals surface area (Å²) in [5, 5.41) is 2.94. The summed E-state index contributed by atoms with van der Waals surface area (Å²) in [6.45, 7) is 6.70. The average molecular weight is 309 g/mol. The molecule has 0 radical (unpaired) electrons. The van der Waals surface area contributed by atoms with E-state index < -0.39 is 0 Å². The highest BCUT2D eigenvalue weighted by atomic mass is 16.5. The lowest BCUT2D eigenvalue weighted by Gasteiger charge is -2.10. The molecule has 0 aliphatic rings. The molecule has 0 aliphatic heterocycles. The van der Waals surface area contributed by atoms with Gasteiger partial charge in [0.1, 0.15) is 5.75 Å². The number of rotatable bonds is 6. The van der Waals surface area contributed by atoms with Gasteiger partial charge in [0.25, 0.3) is 0 Å². The number of aryl methyl sites for hydroxylation is 2. The van der Waals surface area contributed by atoms with E-state index in [1.54, 1.807) is 12.2 Å². The van der Waals surface area contributed by atoms with Crippen molar-refractivity contribution in [2.45, 2.75) is 27.2 Å². The molecule has 120 valence electrons. The van der Waals surface area contributed by atoms with Crippen molar-refractivity contribution in [2.24, 2.45) is 0 Å². The van der Waals surface area contributed by atoms with Crippen molar-refractivity contribution >= 4 is 17.7 Å². The molecule has 0 fully saturated rings. The molecular weight excluding hydrogens is 286 g/mol. The summed E-state index contributed by atoms with van der Waals surface area (Å²) in [5.74, 6) is 0.651. The van der Waals surface area contributed by atoms with Crippen LogP contribution in [0.3, 0.4) is 0 Å². The van der Waals surface area contributed by atoms with Crippen molar-refractivity contribution in [2.75, 3.05) is 11.9 Å². The standard InChI is InChI=1S/C20H23NO2/c1-4-14-23-18-11-6-5-10-17(18)12-13-19(22)21-20-15(2)8-7-9-16(20)3/h5-13H,4,14H2,1-3H3,(H,21,22)/b13-12+. The van der Waals surface area contributed by atoms with Gasteiger partial charge in [-0.15, -0.1) is 0 Å². The number of amides is 1. The van der Waals surface area contributed by atoms with Crippen LogP contribution in [0, 0.1) is 13.8 Å². The minimum Gasteiger partial charge on any atom is -0.493 e. The van der Waals surface area contributed by atoms with Gasteiger partial charge in [-0.3, -0.25) is 4.79 Å². The van der Waals surface area contributed by atoms with Crippen LogP contribution in [0.25, 0.3) is 6.08 Å². The number of para-hydroxylation sites is 2. The second-order valence-electron chi connectivity index (χ2n) is 5.48. The smallest absolute Gasteiger partial charge is 0.248 e. The van der Waals surface area contributed by atoms with Crippen LogP contribution in [-0.2, 0) is 4.79 Å². The van der Waals surface area contributed by atoms with Crippen LogP contribution < -0.4 is 10.1 Å². The Kier molecular flexibility index (Phi) is 5.98. The number of hydrogen-bond acceptors (Lipinski definition) is 2. The van der Waals surface area contributed by atoms with E-state index in [2.05, 4.69) is 12.2 Å². The zero-order valence-electron chi connectivity index (χ0n) is 13.9. The minimum absolute atomic E-state index is 0.146. The van der Waals surface area contributed by atoms with Crippen molar-refractivity contribution in [1.82, 2.24) is 0 Å². The highest BCUT2D eigenvalue weighted by Gasteiger charge is 2.05. The Balaban J connectivity index is 2.10. The third kappa shape index (κ3) is 4.71. The Morgan fingerprint density at radius 2 is 1.78 bits per heavy atom. The van der Waals surface area contributed by atoms with E-state index in [9.17, 15) is 4.79 Å². The molecule has 3 nitrogen and oxygen atoms in total. The third-order valence-corrected chi connectivity index (χ3v) is 3.52. The Labute approximate surface area is 138 Å². The number of hydrogen-bond donors (Lipinski definition) is 1. The number of benzene rings is 2. The molecule has 0 unspecified atom stereocenters. The summed E-state index contributed by atoms with van der Waals surface area (Å²) in [4.78, 5) is 12.2. The summed E-state index contributed by atoms with van der Waals surface area (Å²) in [6.07, 6.45) is 4.28. The second kappa shape index (κ2) is 8.18. The van der Waals surface area contributed by atoms with E-state index in [4.69, 9.17) is 4.74 Å². The van der Waals surface area contributed by atoms with E-state index in [1.165, 1.54) is 0 Å². The van der Waals surface area contributed by atoms with Gasteiger partial charge >= 0.3 is 0 Å². The van der Waals surface area contributed by atoms with Crippen LogP contribution in [0.1, 0.15) is 30.0 Å². The quantitative estimate of drug-likeness (QED) is 0.782. The lowest BCUT2D eigenvalue weighted by atomic mass is 10.1. The maximum atomic E-state index is 12.2. The Hall–Kier alpha value is -2.55. The zero-order chi connectivity index (χ0) is 16.7. The largest absolute Gasteiger partial charge is 0.493 e. The third-order valence-electron chi connectivity index (χ3n) is 3.52. The predicted molar refractivity (Wildman–Crippen MR) is 95.8 cm³/mol. The lowest BCUT2D eigenvalue weighted by molar-refractivity contribution is -0.111. The number of anilines is 1. The maximum absolute atomic E-state index is 12.2. The maximum Gasteiger partial charge on any atom is 0.248 e. The van der Waals surface area contributed by atoms with Crippen molar-refractivity contribution in [3.8, 4) is 5.75 Å². The van der Waals surface area contributed by atoms with E-state index >= 15 is 0 Å². The molecular formula is C20H23NO2. The molecule has 1 N–H and O–H groups in total. The van der Waals surface area contributed by atoms with E-state index in [1.807, 2.05) is 56.3 Å². The summed E-state index contributed by atoms with van der Waals surface area (Å²) in [5.41, 5.74) is 3.88. The Morgan fingerprint density at radius 1 is 1.09 bits per heavy atom. The van der Waals surface area contributed by atoms with E-state index in [-0.39, 0.29) is 5.91 Å². The van der Waals surface area contributed by atoms with Gasteiger partial charge in [0.2, 0.25) is 5.91 Å². The fourth-order valence-corrected chi connectivity index (χ4v) is 2.30. The van der Waals surface area contributed by atoms with Crippen LogP contribution in [0.5, 0.6) is 5.75 Å². The molecule has 0 atom stereocenters. The minimum atomic E-state index is -0.146. The molecule has 0 bridgehead atoms. The highest BCUT2D eigenvalue weighted by Crippen LogP contribution is 2.21. The number of carbonyl (C=O) groups excluding carboxylic acids is 1. The Bertz CT molecular complexity index is 684. The van der Waals surface area contributed by atoms with Crippen molar-refractivity contribution in [3.05, 3.63) is 65.2 Å². The summed E-state index contributed by atoms with van der Waals surface area (Å²) in [6, 6.07) is 13.7. The first-order valence-corrected chi connectivity index (χ1v) is 7.89. The van der Waals surface area contributed by atoms with E-state index in [0.717, 1.165) is 34.5 Å². The first kappa shape index (κ1) is 16.8. The van der Waals surface area contributed by atoms with Gasteiger partial charge in [-0.2, -0.15) is 0 Å². The fraction of sp³-hybridized carbons (Fsp3) is 0.250. The van der Waals surface area contributed by atoms with Crippen LogP contribution >= 0.6 is 0 Å². The Morgan fingerprint density at radius 3 is 2.48 bits per heavy atom. The molecule has 0 heterocycles. The van der Waals surface area contributed by atoms with Gasteiger partial charge < -0.3 is 10.1 Å². The van der Waals surface area contributed by atoms with Crippen molar-refractivity contribution in [1.29, 1.82) is 0 Å². The second-order valence-corrected chi connectivity index (χ2v) is 5.48. The van der Waals surface area contributed by atoms with Gasteiger partial charge in [0.05, 0.1) is 6.61 Å². The normalized spacial score (nSPS) is 10.7. The fourth-order valence-electron chi connectivity index (χ4n) is 2.30. The summed E-state index contributed by atoms with van der Waals surface area (Å²) >= 11 is 0. The SMILES string of the molecule is CCCOc1ccccc1/C=C/C(=O)Nc1c(C)cccc1C. The summed E-state index contributed by atoms with van der Waals surface area (Å²) < 4.78 is 5.69. The van der Waals surface area contributed by atoms with Gasteiger partial charge in [0, 0.05) is 17.3 Å². The highest BCUT2D eigenvalue weighted by molar-refractivity contribution is 6.03. The average Bonchev–Trinajstić information content (AvgIpc) is 2.55. The topological polar surface area (TPSA) is 38.3 Å². The molecule has 3 heteroatoms. The van der Waals surface area contributed by atoms with Crippen molar-refractivity contribution < 1.29 is 9.53 Å². The van der Waals surface area contributed by atoms with Gasteiger partial charge in [-0.05, 0) is 43.5 Å². The molecule has 23 heavy (non-hydrogen) atoms. The number of carbonyl (C=O) groups is 1. The monoisotopic (exact) mass is 309 g/mol. The molecule has 1 amide bonds. The van der Waals surface area contributed by atoms with Crippen LogP contribution in [0.4, 0.5) is 5.69 Å². The molecule has 2 aromatic rings. The predicted octanol–water partition coefficient (Wildman–Crippen LogP) is 4.74. The number of nitrogens with one attached hydrogen (secondary N) is 1. The van der Waals surface area contributed by atoms with E-state index in [0.29, 0.717) is 6.61 Å². The van der Waals surface area contributed by atoms with Crippen molar-refractivity contribution in [3.63, 3.8) is 0 Å².